The van der Waals surface area contributed by atoms with E-state index in [2.05, 4.69) is 26.9 Å². The molecule has 0 atom stereocenters. The normalized spacial score (nSPS) is 14.4. The number of piperazine rings is 1. The first-order valence-corrected chi connectivity index (χ1v) is 13.2. The Morgan fingerprint density at radius 1 is 0.829 bits per heavy atom. The van der Waals surface area contributed by atoms with Gasteiger partial charge in [0.15, 0.2) is 0 Å². The standard InChI is InChI=1S/C28H29N3O3S/c1-20-9-11-24(17-21(20)2)35(32,33)27-19-29-26-12-10-23(34-3)18-25(26)28(27)31-15-13-30(14-16-31)22-7-5-4-6-8-22/h4-12,17-19H,13-16H2,1-3H3. The Hall–Kier alpha value is -3.58. The molecule has 1 aliphatic rings. The molecule has 6 nitrogen and oxygen atoms in total. The summed E-state index contributed by atoms with van der Waals surface area (Å²) < 4.78 is 33.3. The van der Waals surface area contributed by atoms with Crippen LogP contribution in [0.3, 0.4) is 0 Å². The molecular formula is C28H29N3O3S. The first-order chi connectivity index (χ1) is 16.9. The lowest BCUT2D eigenvalue weighted by Crippen LogP contribution is -2.47. The molecular weight excluding hydrogens is 458 g/mol. The number of hydrogen-bond acceptors (Lipinski definition) is 6. The molecule has 0 saturated carbocycles. The lowest BCUT2D eigenvalue weighted by Gasteiger charge is -2.38. The Balaban J connectivity index is 1.62. The molecule has 0 bridgehead atoms. The van der Waals surface area contributed by atoms with Gasteiger partial charge in [0.05, 0.1) is 23.2 Å². The zero-order valence-electron chi connectivity index (χ0n) is 20.2. The van der Waals surface area contributed by atoms with Crippen LogP contribution in [-0.2, 0) is 9.84 Å². The maximum atomic E-state index is 13.9. The van der Waals surface area contributed by atoms with E-state index in [4.69, 9.17) is 4.74 Å². The number of aromatic nitrogens is 1. The zero-order valence-corrected chi connectivity index (χ0v) is 21.0. The topological polar surface area (TPSA) is 62.7 Å². The van der Waals surface area contributed by atoms with Gasteiger partial charge in [0, 0.05) is 43.4 Å². The lowest BCUT2D eigenvalue weighted by molar-refractivity contribution is 0.415. The Morgan fingerprint density at radius 3 is 2.23 bits per heavy atom. The van der Waals surface area contributed by atoms with Crippen LogP contribution in [0.25, 0.3) is 10.9 Å². The highest BCUT2D eigenvalue weighted by Gasteiger charge is 2.29. The zero-order chi connectivity index (χ0) is 24.6. The first kappa shape index (κ1) is 23.2. The van der Waals surface area contributed by atoms with E-state index in [0.29, 0.717) is 24.5 Å². The highest BCUT2D eigenvalue weighted by molar-refractivity contribution is 7.91. The van der Waals surface area contributed by atoms with Gasteiger partial charge >= 0.3 is 0 Å². The van der Waals surface area contributed by atoms with Crippen molar-refractivity contribution in [3.8, 4) is 5.75 Å². The number of aryl methyl sites for hydroxylation is 2. The molecule has 0 radical (unpaired) electrons. The summed E-state index contributed by atoms with van der Waals surface area (Å²) >= 11 is 0. The molecule has 1 saturated heterocycles. The van der Waals surface area contributed by atoms with Gasteiger partial charge in [-0.2, -0.15) is 0 Å². The van der Waals surface area contributed by atoms with Crippen molar-refractivity contribution >= 4 is 32.1 Å². The van der Waals surface area contributed by atoms with E-state index in [9.17, 15) is 8.42 Å². The average Bonchev–Trinajstić information content (AvgIpc) is 2.89. The van der Waals surface area contributed by atoms with Crippen LogP contribution >= 0.6 is 0 Å². The third-order valence-corrected chi connectivity index (χ3v) is 8.56. The minimum Gasteiger partial charge on any atom is -0.497 e. The number of fused-ring (bicyclic) bond motifs is 1. The minimum absolute atomic E-state index is 0.231. The van der Waals surface area contributed by atoms with Gasteiger partial charge in [-0.3, -0.25) is 4.98 Å². The van der Waals surface area contributed by atoms with Gasteiger partial charge in [-0.1, -0.05) is 24.3 Å². The van der Waals surface area contributed by atoms with Gasteiger partial charge < -0.3 is 14.5 Å². The van der Waals surface area contributed by atoms with E-state index in [1.54, 1.807) is 19.2 Å². The van der Waals surface area contributed by atoms with E-state index in [1.807, 2.05) is 56.3 Å². The quantitative estimate of drug-likeness (QED) is 0.394. The summed E-state index contributed by atoms with van der Waals surface area (Å²) in [4.78, 5) is 9.56. The van der Waals surface area contributed by atoms with Gasteiger partial charge in [0.2, 0.25) is 9.84 Å². The van der Waals surface area contributed by atoms with Crippen LogP contribution in [-0.4, -0.2) is 46.7 Å². The SMILES string of the molecule is COc1ccc2ncc(S(=O)(=O)c3ccc(C)c(C)c3)c(N3CCN(c4ccccc4)CC3)c2c1. The summed E-state index contributed by atoms with van der Waals surface area (Å²) in [6.07, 6.45) is 1.51. The van der Waals surface area contributed by atoms with Crippen LogP contribution in [0.2, 0.25) is 0 Å². The van der Waals surface area contributed by atoms with Crippen molar-refractivity contribution in [2.75, 3.05) is 43.1 Å². The molecule has 0 unspecified atom stereocenters. The third kappa shape index (κ3) is 4.32. The summed E-state index contributed by atoms with van der Waals surface area (Å²) in [5.41, 5.74) is 4.61. The summed E-state index contributed by atoms with van der Waals surface area (Å²) in [5, 5.41) is 0.780. The van der Waals surface area contributed by atoms with E-state index in [1.165, 1.54) is 11.9 Å². The fourth-order valence-corrected chi connectivity index (χ4v) is 6.14. The van der Waals surface area contributed by atoms with Gasteiger partial charge in [0.1, 0.15) is 10.6 Å². The number of anilines is 2. The molecule has 35 heavy (non-hydrogen) atoms. The average molecular weight is 488 g/mol. The number of ether oxygens (including phenoxy) is 1. The maximum Gasteiger partial charge on any atom is 0.210 e. The number of benzene rings is 3. The van der Waals surface area contributed by atoms with Crippen molar-refractivity contribution in [1.29, 1.82) is 0 Å². The molecule has 4 aromatic rings. The molecule has 0 N–H and O–H groups in total. The summed E-state index contributed by atoms with van der Waals surface area (Å²) in [6.45, 7) is 6.89. The van der Waals surface area contributed by atoms with Gasteiger partial charge in [-0.05, 0) is 67.4 Å². The lowest BCUT2D eigenvalue weighted by atomic mass is 10.1. The van der Waals surface area contributed by atoms with E-state index in [-0.39, 0.29) is 9.79 Å². The molecule has 180 valence electrons. The number of methoxy groups -OCH3 is 1. The van der Waals surface area contributed by atoms with Crippen LogP contribution in [0.1, 0.15) is 11.1 Å². The largest absolute Gasteiger partial charge is 0.497 e. The third-order valence-electron chi connectivity index (χ3n) is 6.81. The fourth-order valence-electron chi connectivity index (χ4n) is 4.62. The van der Waals surface area contributed by atoms with Crippen LogP contribution in [0.4, 0.5) is 11.4 Å². The first-order valence-electron chi connectivity index (χ1n) is 11.7. The minimum atomic E-state index is -3.79. The van der Waals surface area contributed by atoms with Crippen molar-refractivity contribution in [3.05, 3.63) is 84.1 Å². The van der Waals surface area contributed by atoms with Crippen LogP contribution in [0, 0.1) is 13.8 Å². The number of para-hydroxylation sites is 1. The van der Waals surface area contributed by atoms with Gasteiger partial charge in [-0.25, -0.2) is 8.42 Å². The predicted octanol–water partition coefficient (Wildman–Crippen LogP) is 5.02. The number of nitrogens with zero attached hydrogens (tertiary/aromatic N) is 3. The van der Waals surface area contributed by atoms with Crippen molar-refractivity contribution < 1.29 is 13.2 Å². The van der Waals surface area contributed by atoms with Crippen LogP contribution in [0.15, 0.2) is 82.7 Å². The van der Waals surface area contributed by atoms with Crippen LogP contribution in [0.5, 0.6) is 5.75 Å². The second-order valence-electron chi connectivity index (χ2n) is 8.91. The second-order valence-corrected chi connectivity index (χ2v) is 10.8. The highest BCUT2D eigenvalue weighted by atomic mass is 32.2. The Bertz CT molecular complexity index is 1480. The van der Waals surface area contributed by atoms with E-state index in [0.717, 1.165) is 35.1 Å². The molecule has 1 fully saturated rings. The molecule has 1 aliphatic heterocycles. The van der Waals surface area contributed by atoms with Crippen molar-refractivity contribution in [2.24, 2.45) is 0 Å². The number of sulfone groups is 1. The highest BCUT2D eigenvalue weighted by Crippen LogP contribution is 2.38. The van der Waals surface area contributed by atoms with Crippen molar-refractivity contribution in [3.63, 3.8) is 0 Å². The molecule has 5 rings (SSSR count). The summed E-state index contributed by atoms with van der Waals surface area (Å²) in [7, 11) is -2.18. The Kier molecular flexibility index (Phi) is 6.11. The van der Waals surface area contributed by atoms with E-state index < -0.39 is 9.84 Å². The Morgan fingerprint density at radius 2 is 1.54 bits per heavy atom. The molecule has 3 aromatic carbocycles. The second kappa shape index (κ2) is 9.23. The molecule has 0 amide bonds. The van der Waals surface area contributed by atoms with Crippen LogP contribution < -0.4 is 14.5 Å². The summed E-state index contributed by atoms with van der Waals surface area (Å²) in [6, 6.07) is 21.2. The monoisotopic (exact) mass is 487 g/mol. The number of pyridine rings is 1. The smallest absolute Gasteiger partial charge is 0.210 e. The predicted molar refractivity (Wildman–Crippen MR) is 141 cm³/mol. The number of rotatable bonds is 5. The molecule has 0 spiro atoms. The molecule has 7 heteroatoms. The van der Waals surface area contributed by atoms with Crippen molar-refractivity contribution in [1.82, 2.24) is 4.98 Å². The maximum absolute atomic E-state index is 13.9. The van der Waals surface area contributed by atoms with Gasteiger partial charge in [-0.15, -0.1) is 0 Å². The molecule has 2 heterocycles. The fraction of sp³-hybridized carbons (Fsp3) is 0.250. The van der Waals surface area contributed by atoms with E-state index >= 15 is 0 Å². The van der Waals surface area contributed by atoms with Crippen molar-refractivity contribution in [2.45, 2.75) is 23.6 Å². The molecule has 1 aromatic heterocycles. The number of hydrogen-bond donors (Lipinski definition) is 0. The Labute approximate surface area is 206 Å². The van der Waals surface area contributed by atoms with Gasteiger partial charge in [0.25, 0.3) is 0 Å². The molecule has 0 aliphatic carbocycles. The summed E-state index contributed by atoms with van der Waals surface area (Å²) in [5.74, 6) is 0.671.